The van der Waals surface area contributed by atoms with E-state index in [4.69, 9.17) is 4.98 Å². The smallest absolute Gasteiger partial charge is 0.328 e. The zero-order valence-electron chi connectivity index (χ0n) is 21.5. The third-order valence-electron chi connectivity index (χ3n) is 7.04. The Balaban J connectivity index is 1.61. The molecule has 0 unspecified atom stereocenters. The molecule has 11 heteroatoms. The van der Waals surface area contributed by atoms with E-state index in [2.05, 4.69) is 4.72 Å². The highest BCUT2D eigenvalue weighted by atomic mass is 32.2. The molecule has 9 nitrogen and oxygen atoms in total. The number of sulfonamides is 1. The van der Waals surface area contributed by atoms with Crippen LogP contribution in [0.25, 0.3) is 39.3 Å². The predicted octanol–water partition coefficient (Wildman–Crippen LogP) is 3.78. The Morgan fingerprint density at radius 1 is 0.897 bits per heavy atom. The Morgan fingerprint density at radius 3 is 2.38 bits per heavy atom. The van der Waals surface area contributed by atoms with Gasteiger partial charge in [0.25, 0.3) is 0 Å². The van der Waals surface area contributed by atoms with E-state index in [1.807, 2.05) is 45.7 Å². The van der Waals surface area contributed by atoms with Crippen molar-refractivity contribution < 1.29 is 12.8 Å². The predicted molar refractivity (Wildman–Crippen MR) is 148 cm³/mol. The van der Waals surface area contributed by atoms with Crippen molar-refractivity contribution in [3.63, 3.8) is 0 Å². The normalized spacial score (nSPS) is 12.1. The van der Waals surface area contributed by atoms with E-state index in [0.29, 0.717) is 23.4 Å². The van der Waals surface area contributed by atoms with Gasteiger partial charge < -0.3 is 4.57 Å². The lowest BCUT2D eigenvalue weighted by molar-refractivity contribution is 0.588. The molecule has 0 bridgehead atoms. The molecule has 3 heterocycles. The van der Waals surface area contributed by atoms with Crippen molar-refractivity contribution in [2.45, 2.75) is 11.4 Å². The maximum Gasteiger partial charge on any atom is 0.328 e. The number of benzene rings is 3. The third-order valence-corrected chi connectivity index (χ3v) is 8.46. The van der Waals surface area contributed by atoms with Crippen LogP contribution in [0.5, 0.6) is 0 Å². The van der Waals surface area contributed by atoms with Crippen molar-refractivity contribution in [2.24, 2.45) is 14.1 Å². The van der Waals surface area contributed by atoms with Gasteiger partial charge in [0.05, 0.1) is 32.7 Å². The van der Waals surface area contributed by atoms with Crippen LogP contribution in [0.1, 0.15) is 5.56 Å². The van der Waals surface area contributed by atoms with Gasteiger partial charge in [-0.1, -0.05) is 12.1 Å². The maximum absolute atomic E-state index is 13.5. The summed E-state index contributed by atoms with van der Waals surface area (Å²) in [4.78, 5) is 17.6. The highest BCUT2D eigenvalue weighted by Gasteiger charge is 2.21. The molecule has 39 heavy (non-hydrogen) atoms. The number of nitrogens with zero attached hydrogens (tertiary/aromatic N) is 5. The zero-order valence-corrected chi connectivity index (χ0v) is 22.3. The summed E-state index contributed by atoms with van der Waals surface area (Å²) in [5.74, 6) is 0.294. The minimum absolute atomic E-state index is 0.111. The summed E-state index contributed by atoms with van der Waals surface area (Å²) in [6.07, 6.45) is 1.92. The number of imidazole rings is 2. The summed E-state index contributed by atoms with van der Waals surface area (Å²) in [6, 6.07) is 20.6. The molecule has 0 aliphatic rings. The molecule has 0 amide bonds. The van der Waals surface area contributed by atoms with Crippen LogP contribution in [0.15, 0.2) is 88.7 Å². The lowest BCUT2D eigenvalue weighted by Crippen LogP contribution is -2.19. The lowest BCUT2D eigenvalue weighted by Gasteiger charge is -2.13. The van der Waals surface area contributed by atoms with Crippen LogP contribution in [0.4, 0.5) is 4.39 Å². The monoisotopic (exact) mass is 544 g/mol. The van der Waals surface area contributed by atoms with Gasteiger partial charge >= 0.3 is 5.69 Å². The van der Waals surface area contributed by atoms with Crippen LogP contribution in [0, 0.1) is 5.82 Å². The number of fused-ring (bicyclic) bond motifs is 2. The molecule has 0 aliphatic heterocycles. The zero-order chi connectivity index (χ0) is 27.5. The van der Waals surface area contributed by atoms with Crippen LogP contribution in [-0.2, 0) is 30.7 Å². The molecule has 3 aromatic carbocycles. The molecule has 6 rings (SSSR count). The average Bonchev–Trinajstić information content (AvgIpc) is 3.61. The summed E-state index contributed by atoms with van der Waals surface area (Å²) in [5, 5.41) is 0. The maximum atomic E-state index is 13.5. The van der Waals surface area contributed by atoms with Gasteiger partial charge in [0.15, 0.2) is 5.82 Å². The molecule has 198 valence electrons. The van der Waals surface area contributed by atoms with Gasteiger partial charge in [-0.2, -0.15) is 0 Å². The van der Waals surface area contributed by atoms with E-state index in [-0.39, 0.29) is 16.4 Å². The SMILES string of the molecule is CNS(=O)(=O)c1ccc2nc(-c3cccn3Cc3ccc(F)cc3)n(-c3ccc4c(c3)n(C)c(=O)n4C)c2c1. The highest BCUT2D eigenvalue weighted by Crippen LogP contribution is 2.32. The van der Waals surface area contributed by atoms with Gasteiger partial charge in [-0.15, -0.1) is 0 Å². The second-order valence-electron chi connectivity index (χ2n) is 9.35. The Hall–Kier alpha value is -4.48. The second kappa shape index (κ2) is 9.07. The van der Waals surface area contributed by atoms with Gasteiger partial charge in [-0.25, -0.2) is 27.3 Å². The first-order valence-electron chi connectivity index (χ1n) is 12.2. The van der Waals surface area contributed by atoms with Crippen LogP contribution in [0.3, 0.4) is 0 Å². The molecule has 0 radical (unpaired) electrons. The van der Waals surface area contributed by atoms with E-state index in [1.54, 1.807) is 47.5 Å². The van der Waals surface area contributed by atoms with Gasteiger partial charge in [0.1, 0.15) is 5.82 Å². The van der Waals surface area contributed by atoms with Crippen LogP contribution < -0.4 is 10.4 Å². The fourth-order valence-electron chi connectivity index (χ4n) is 4.95. The standard InChI is InChI=1S/C28H25FN6O3S/c1-30-39(37,38)21-11-12-22-25(16-21)35(20-10-13-23-26(15-20)33(3)28(36)32(23)2)27(31-22)24-5-4-14-34(24)17-18-6-8-19(29)9-7-18/h4-16,30H,17H2,1-3H3. The van der Waals surface area contributed by atoms with Crippen LogP contribution >= 0.6 is 0 Å². The quantitative estimate of drug-likeness (QED) is 0.345. The molecule has 0 saturated carbocycles. The fourth-order valence-corrected chi connectivity index (χ4v) is 5.70. The molecule has 0 atom stereocenters. The van der Waals surface area contributed by atoms with Gasteiger partial charge in [0.2, 0.25) is 10.0 Å². The molecule has 0 spiro atoms. The summed E-state index contributed by atoms with van der Waals surface area (Å²) < 4.78 is 48.2. The summed E-state index contributed by atoms with van der Waals surface area (Å²) in [7, 11) is 1.10. The second-order valence-corrected chi connectivity index (χ2v) is 11.2. The van der Waals surface area contributed by atoms with Crippen molar-refractivity contribution in [2.75, 3.05) is 7.05 Å². The number of hydrogen-bond acceptors (Lipinski definition) is 4. The Kier molecular flexibility index (Phi) is 5.77. The largest absolute Gasteiger partial charge is 0.341 e. The van der Waals surface area contributed by atoms with Crippen molar-refractivity contribution in [1.82, 2.24) is 28.0 Å². The van der Waals surface area contributed by atoms with Crippen molar-refractivity contribution in [3.05, 3.63) is 101 Å². The average molecular weight is 545 g/mol. The molecule has 0 aliphatic carbocycles. The summed E-state index contributed by atoms with van der Waals surface area (Å²) in [6.45, 7) is 0.484. The Morgan fingerprint density at radius 2 is 1.64 bits per heavy atom. The van der Waals surface area contributed by atoms with E-state index in [1.165, 1.54) is 25.2 Å². The number of aromatic nitrogens is 5. The van der Waals surface area contributed by atoms with Crippen molar-refractivity contribution in [3.8, 4) is 17.2 Å². The molecule has 0 fully saturated rings. The molecule has 1 N–H and O–H groups in total. The molecular weight excluding hydrogens is 519 g/mol. The number of aryl methyl sites for hydroxylation is 2. The minimum Gasteiger partial charge on any atom is -0.341 e. The lowest BCUT2D eigenvalue weighted by atomic mass is 10.2. The van der Waals surface area contributed by atoms with E-state index < -0.39 is 10.0 Å². The highest BCUT2D eigenvalue weighted by molar-refractivity contribution is 7.89. The van der Waals surface area contributed by atoms with Gasteiger partial charge in [0, 0.05) is 32.5 Å². The van der Waals surface area contributed by atoms with Crippen LogP contribution in [-0.4, -0.2) is 38.7 Å². The fraction of sp³-hybridized carbons (Fsp3) is 0.143. The minimum atomic E-state index is -3.70. The number of nitrogens with one attached hydrogen (secondary N) is 1. The number of rotatable bonds is 6. The number of halogens is 1. The summed E-state index contributed by atoms with van der Waals surface area (Å²) >= 11 is 0. The number of hydrogen-bond donors (Lipinski definition) is 1. The van der Waals surface area contributed by atoms with E-state index in [9.17, 15) is 17.6 Å². The first-order valence-corrected chi connectivity index (χ1v) is 13.7. The Bertz CT molecular complexity index is 2050. The third kappa shape index (κ3) is 4.06. The molecule has 0 saturated heterocycles. The molecule has 3 aromatic heterocycles. The Labute approximate surface area is 223 Å². The van der Waals surface area contributed by atoms with Crippen LogP contribution in [0.2, 0.25) is 0 Å². The topological polar surface area (TPSA) is 95.8 Å². The first-order chi connectivity index (χ1) is 18.7. The van der Waals surface area contributed by atoms with E-state index in [0.717, 1.165) is 28.0 Å². The molecule has 6 aromatic rings. The van der Waals surface area contributed by atoms with Crippen molar-refractivity contribution in [1.29, 1.82) is 0 Å². The molecular formula is C28H25FN6O3S. The van der Waals surface area contributed by atoms with Gasteiger partial charge in [-0.3, -0.25) is 13.7 Å². The summed E-state index contributed by atoms with van der Waals surface area (Å²) in [5.41, 5.74) is 4.98. The van der Waals surface area contributed by atoms with E-state index >= 15 is 0 Å². The van der Waals surface area contributed by atoms with Crippen molar-refractivity contribution >= 4 is 32.1 Å². The van der Waals surface area contributed by atoms with Gasteiger partial charge in [-0.05, 0) is 73.3 Å². The first kappa shape index (κ1) is 24.8.